The fourth-order valence-electron chi connectivity index (χ4n) is 3.20. The molecule has 0 saturated carbocycles. The Bertz CT molecular complexity index is 781. The number of rotatable bonds is 4. The van der Waals surface area contributed by atoms with Gasteiger partial charge in [-0.1, -0.05) is 23.4 Å². The molecule has 6 heteroatoms. The minimum atomic E-state index is -0.642. The fourth-order valence-corrected chi connectivity index (χ4v) is 4.07. The van der Waals surface area contributed by atoms with Crippen LogP contribution in [-0.4, -0.2) is 57.6 Å². The largest absolute Gasteiger partial charge is 0.396 e. The molecular weight excluding hydrogens is 336 g/mol. The molecule has 1 aromatic carbocycles. The number of aryl methyl sites for hydroxylation is 2. The smallest absolute Gasteiger partial charge is 0.233 e. The number of piperidine rings is 1. The summed E-state index contributed by atoms with van der Waals surface area (Å²) in [5, 5.41) is 21.2. The molecule has 5 nitrogen and oxygen atoms in total. The maximum absolute atomic E-state index is 12.4. The van der Waals surface area contributed by atoms with E-state index in [1.165, 1.54) is 17.3 Å². The zero-order valence-corrected chi connectivity index (χ0v) is 15.4. The number of aliphatic hydroxyl groups excluding tert-OH is 2. The number of β-amino-alcohol motifs (C(OH)–C–C–N with tert-alkyl or cyclic N) is 1. The zero-order chi connectivity index (χ0) is 18.0. The van der Waals surface area contributed by atoms with Crippen molar-refractivity contribution in [3.8, 4) is 0 Å². The highest BCUT2D eigenvalue weighted by molar-refractivity contribution is 7.99. The Kier molecular flexibility index (Phi) is 5.61. The summed E-state index contributed by atoms with van der Waals surface area (Å²) in [6.07, 6.45) is -0.00205. The molecule has 2 N–H and O–H groups in total. The fraction of sp³-hybridized carbons (Fsp3) is 0.474. The Labute approximate surface area is 152 Å². The topological polar surface area (TPSA) is 73.7 Å². The van der Waals surface area contributed by atoms with Crippen molar-refractivity contribution in [2.24, 2.45) is 5.92 Å². The van der Waals surface area contributed by atoms with Crippen molar-refractivity contribution < 1.29 is 15.0 Å². The van der Waals surface area contributed by atoms with E-state index in [0.717, 1.165) is 21.5 Å². The highest BCUT2D eigenvalue weighted by Gasteiger charge is 2.29. The Morgan fingerprint density at radius 1 is 1.36 bits per heavy atom. The summed E-state index contributed by atoms with van der Waals surface area (Å²) in [5.41, 5.74) is 3.31. The van der Waals surface area contributed by atoms with Crippen LogP contribution in [0.25, 0.3) is 10.9 Å². The van der Waals surface area contributed by atoms with E-state index < -0.39 is 6.10 Å². The van der Waals surface area contributed by atoms with Gasteiger partial charge in [-0.2, -0.15) is 0 Å². The first-order chi connectivity index (χ1) is 12.0. The minimum absolute atomic E-state index is 0.00361. The van der Waals surface area contributed by atoms with Crippen LogP contribution in [-0.2, 0) is 4.79 Å². The summed E-state index contributed by atoms with van der Waals surface area (Å²) in [4.78, 5) is 18.7. The van der Waals surface area contributed by atoms with Crippen LogP contribution < -0.4 is 0 Å². The van der Waals surface area contributed by atoms with Gasteiger partial charge in [-0.25, -0.2) is 4.98 Å². The second kappa shape index (κ2) is 7.72. The molecule has 1 aliphatic heterocycles. The average molecular weight is 360 g/mol. The minimum Gasteiger partial charge on any atom is -0.396 e. The third kappa shape index (κ3) is 4.14. The lowest BCUT2D eigenvalue weighted by molar-refractivity contribution is -0.133. The summed E-state index contributed by atoms with van der Waals surface area (Å²) in [6.45, 7) is 4.98. The standard InChI is InChI=1S/C19H24N2O3S/c1-12-3-4-16-15(7-12)13(2)8-18(20-16)25-11-19(24)21-6-5-14(10-22)17(23)9-21/h3-4,7-8,14,17,22-23H,5-6,9-11H2,1-2H3/t14-,17+/m1/s1. The van der Waals surface area contributed by atoms with Gasteiger partial charge < -0.3 is 15.1 Å². The van der Waals surface area contributed by atoms with Crippen LogP contribution in [0.1, 0.15) is 17.5 Å². The second-order valence-corrected chi connectivity index (χ2v) is 7.72. The van der Waals surface area contributed by atoms with Gasteiger partial charge in [-0.15, -0.1) is 0 Å². The lowest BCUT2D eigenvalue weighted by Crippen LogP contribution is -2.48. The summed E-state index contributed by atoms with van der Waals surface area (Å²) in [6, 6.07) is 8.21. The normalized spacial score (nSPS) is 20.9. The molecule has 2 atom stereocenters. The lowest BCUT2D eigenvalue weighted by atomic mass is 9.95. The van der Waals surface area contributed by atoms with Crippen LogP contribution in [0.15, 0.2) is 29.3 Å². The molecule has 1 amide bonds. The van der Waals surface area contributed by atoms with E-state index in [2.05, 4.69) is 24.9 Å². The number of pyridine rings is 1. The Morgan fingerprint density at radius 2 is 2.16 bits per heavy atom. The van der Waals surface area contributed by atoms with Gasteiger partial charge in [-0.05, 0) is 44.0 Å². The second-order valence-electron chi connectivity index (χ2n) is 6.73. The Morgan fingerprint density at radius 3 is 2.88 bits per heavy atom. The molecule has 2 heterocycles. The molecule has 2 aromatic rings. The third-order valence-corrected chi connectivity index (χ3v) is 5.70. The van der Waals surface area contributed by atoms with Gasteiger partial charge in [0.1, 0.15) is 0 Å². The van der Waals surface area contributed by atoms with E-state index in [1.54, 1.807) is 4.90 Å². The quantitative estimate of drug-likeness (QED) is 0.818. The van der Waals surface area contributed by atoms with Crippen LogP contribution in [0, 0.1) is 19.8 Å². The first-order valence-corrected chi connectivity index (χ1v) is 9.54. The highest BCUT2D eigenvalue weighted by atomic mass is 32.2. The van der Waals surface area contributed by atoms with Crippen molar-refractivity contribution in [2.45, 2.75) is 31.4 Å². The van der Waals surface area contributed by atoms with Gasteiger partial charge in [0.25, 0.3) is 0 Å². The van der Waals surface area contributed by atoms with Crippen LogP contribution in [0.5, 0.6) is 0 Å². The van der Waals surface area contributed by atoms with Gasteiger partial charge in [0, 0.05) is 31.0 Å². The van der Waals surface area contributed by atoms with E-state index >= 15 is 0 Å². The van der Waals surface area contributed by atoms with Gasteiger partial charge in [-0.3, -0.25) is 4.79 Å². The number of thioether (sulfide) groups is 1. The van der Waals surface area contributed by atoms with Crippen molar-refractivity contribution in [1.29, 1.82) is 0 Å². The highest BCUT2D eigenvalue weighted by Crippen LogP contribution is 2.25. The van der Waals surface area contributed by atoms with Crippen molar-refractivity contribution >= 4 is 28.6 Å². The first kappa shape index (κ1) is 18.2. The lowest BCUT2D eigenvalue weighted by Gasteiger charge is -2.35. The number of aromatic nitrogens is 1. The number of nitrogens with zero attached hydrogens (tertiary/aromatic N) is 2. The summed E-state index contributed by atoms with van der Waals surface area (Å²) >= 11 is 1.43. The summed E-state index contributed by atoms with van der Waals surface area (Å²) < 4.78 is 0. The van der Waals surface area contributed by atoms with E-state index in [9.17, 15) is 15.0 Å². The third-order valence-electron chi connectivity index (χ3n) is 4.80. The molecule has 0 bridgehead atoms. The predicted molar refractivity (Wildman–Crippen MR) is 99.7 cm³/mol. The number of hydrogen-bond acceptors (Lipinski definition) is 5. The van der Waals surface area contributed by atoms with Crippen LogP contribution in [0.2, 0.25) is 0 Å². The molecule has 0 spiro atoms. The molecule has 1 aliphatic rings. The van der Waals surface area contributed by atoms with Crippen molar-refractivity contribution in [3.05, 3.63) is 35.4 Å². The Balaban J connectivity index is 1.64. The molecule has 25 heavy (non-hydrogen) atoms. The van der Waals surface area contributed by atoms with Gasteiger partial charge >= 0.3 is 0 Å². The summed E-state index contributed by atoms with van der Waals surface area (Å²) in [7, 11) is 0. The molecule has 1 saturated heterocycles. The van der Waals surface area contributed by atoms with E-state index in [1.807, 2.05) is 18.2 Å². The molecule has 0 aliphatic carbocycles. The average Bonchev–Trinajstić information content (AvgIpc) is 2.60. The van der Waals surface area contributed by atoms with Crippen molar-refractivity contribution in [2.75, 3.05) is 25.4 Å². The van der Waals surface area contributed by atoms with Gasteiger partial charge in [0.15, 0.2) is 0 Å². The number of likely N-dealkylation sites (tertiary alicyclic amines) is 1. The number of carbonyl (C=O) groups excluding carboxylic acids is 1. The monoisotopic (exact) mass is 360 g/mol. The number of aliphatic hydroxyl groups is 2. The maximum atomic E-state index is 12.4. The van der Waals surface area contributed by atoms with Crippen molar-refractivity contribution in [3.63, 3.8) is 0 Å². The Hall–Kier alpha value is -1.63. The zero-order valence-electron chi connectivity index (χ0n) is 14.6. The first-order valence-electron chi connectivity index (χ1n) is 8.55. The maximum Gasteiger partial charge on any atom is 0.233 e. The van der Waals surface area contributed by atoms with E-state index in [-0.39, 0.29) is 18.4 Å². The van der Waals surface area contributed by atoms with Crippen LogP contribution >= 0.6 is 11.8 Å². The summed E-state index contributed by atoms with van der Waals surface area (Å²) in [5.74, 6) is 0.189. The number of benzene rings is 1. The van der Waals surface area contributed by atoms with Gasteiger partial charge in [0.05, 0.1) is 22.4 Å². The number of hydrogen-bond donors (Lipinski definition) is 2. The molecule has 3 rings (SSSR count). The number of fused-ring (bicyclic) bond motifs is 1. The molecule has 1 fully saturated rings. The van der Waals surface area contributed by atoms with E-state index in [0.29, 0.717) is 25.3 Å². The predicted octanol–water partition coefficient (Wildman–Crippen LogP) is 2.15. The molecule has 0 unspecified atom stereocenters. The molecule has 1 aromatic heterocycles. The van der Waals surface area contributed by atoms with Crippen LogP contribution in [0.3, 0.4) is 0 Å². The molecule has 134 valence electrons. The number of carbonyl (C=O) groups is 1. The number of amides is 1. The van der Waals surface area contributed by atoms with Gasteiger partial charge in [0.2, 0.25) is 5.91 Å². The van der Waals surface area contributed by atoms with E-state index in [4.69, 9.17) is 0 Å². The SMILES string of the molecule is Cc1ccc2nc(SCC(=O)N3CC[C@H](CO)[C@@H](O)C3)cc(C)c2c1. The van der Waals surface area contributed by atoms with Crippen molar-refractivity contribution in [1.82, 2.24) is 9.88 Å². The van der Waals surface area contributed by atoms with Crippen LogP contribution in [0.4, 0.5) is 0 Å². The molecule has 0 radical (unpaired) electrons. The molecular formula is C19H24N2O3S.